The average molecular weight is 543 g/mol. The van der Waals surface area contributed by atoms with E-state index >= 15 is 0 Å². The van der Waals surface area contributed by atoms with Gasteiger partial charge in [-0.2, -0.15) is 0 Å². The fourth-order valence-electron chi connectivity index (χ4n) is 5.92. The van der Waals surface area contributed by atoms with Gasteiger partial charge in [0.1, 0.15) is 18.0 Å². The van der Waals surface area contributed by atoms with Crippen molar-refractivity contribution in [3.63, 3.8) is 0 Å². The van der Waals surface area contributed by atoms with E-state index in [4.69, 9.17) is 14.5 Å². The van der Waals surface area contributed by atoms with Crippen molar-refractivity contribution in [1.29, 1.82) is 0 Å². The van der Waals surface area contributed by atoms with Gasteiger partial charge in [-0.25, -0.2) is 14.6 Å². The van der Waals surface area contributed by atoms with Crippen LogP contribution in [0, 0.1) is 0 Å². The van der Waals surface area contributed by atoms with Crippen LogP contribution < -0.4 is 0 Å². The molecule has 0 N–H and O–H groups in total. The van der Waals surface area contributed by atoms with Gasteiger partial charge in [-0.15, -0.1) is 0 Å². The highest BCUT2D eigenvalue weighted by Gasteiger charge is 2.41. The minimum atomic E-state index is -0.621. The van der Waals surface area contributed by atoms with Gasteiger partial charge in [0.2, 0.25) is 0 Å². The van der Waals surface area contributed by atoms with E-state index in [1.165, 1.54) is 24.8 Å². The molecule has 40 heavy (non-hydrogen) atoms. The summed E-state index contributed by atoms with van der Waals surface area (Å²) in [5, 5.41) is 0. The number of rotatable bonds is 4. The SMILES string of the molecule is CC(C)(C)OC(=O)N1CCn2c(-c3ccc(C4CCC4)cc3)nc3c2C1CN(C(=O)OCc1ccccc1)CC3. The third-order valence-corrected chi connectivity index (χ3v) is 8.19. The molecule has 0 saturated heterocycles. The molecule has 2 aromatic carbocycles. The molecule has 1 unspecified atom stereocenters. The maximum Gasteiger partial charge on any atom is 0.410 e. The quantitative estimate of drug-likeness (QED) is 0.386. The van der Waals surface area contributed by atoms with Crippen LogP contribution in [0.2, 0.25) is 0 Å². The first-order valence-corrected chi connectivity index (χ1v) is 14.4. The Bertz CT molecular complexity index is 1370. The van der Waals surface area contributed by atoms with Crippen LogP contribution in [0.3, 0.4) is 0 Å². The lowest BCUT2D eigenvalue weighted by molar-refractivity contribution is 0.00585. The average Bonchev–Trinajstić information content (AvgIpc) is 3.16. The second kappa shape index (κ2) is 10.6. The minimum Gasteiger partial charge on any atom is -0.445 e. The molecule has 1 saturated carbocycles. The third kappa shape index (κ3) is 5.31. The van der Waals surface area contributed by atoms with E-state index in [0.717, 1.165) is 28.3 Å². The van der Waals surface area contributed by atoms with Gasteiger partial charge in [0.05, 0.1) is 24.0 Å². The van der Waals surface area contributed by atoms with Crippen LogP contribution in [0.5, 0.6) is 0 Å². The number of hydrogen-bond acceptors (Lipinski definition) is 5. The van der Waals surface area contributed by atoms with E-state index < -0.39 is 5.60 Å². The number of carbonyl (C=O) groups is 2. The second-order valence-electron chi connectivity index (χ2n) is 12.1. The van der Waals surface area contributed by atoms with E-state index in [-0.39, 0.29) is 24.8 Å². The van der Waals surface area contributed by atoms with Crippen LogP contribution in [0.25, 0.3) is 11.4 Å². The first-order valence-electron chi connectivity index (χ1n) is 14.4. The first kappa shape index (κ1) is 26.4. The Morgan fingerprint density at radius 2 is 1.70 bits per heavy atom. The van der Waals surface area contributed by atoms with Crippen molar-refractivity contribution in [3.05, 3.63) is 77.1 Å². The lowest BCUT2D eigenvalue weighted by atomic mass is 9.80. The zero-order chi connectivity index (χ0) is 27.9. The van der Waals surface area contributed by atoms with Gasteiger partial charge in [-0.05, 0) is 50.7 Å². The topological polar surface area (TPSA) is 76.9 Å². The molecule has 1 aromatic heterocycles. The van der Waals surface area contributed by atoms with E-state index in [9.17, 15) is 9.59 Å². The molecule has 2 amide bonds. The molecule has 8 heteroatoms. The van der Waals surface area contributed by atoms with Crippen molar-refractivity contribution < 1.29 is 19.1 Å². The maximum atomic E-state index is 13.4. The molecule has 0 spiro atoms. The van der Waals surface area contributed by atoms with Gasteiger partial charge >= 0.3 is 12.2 Å². The number of ether oxygens (including phenoxy) is 2. The monoisotopic (exact) mass is 542 g/mol. The zero-order valence-electron chi connectivity index (χ0n) is 23.6. The van der Waals surface area contributed by atoms with Crippen LogP contribution in [0.15, 0.2) is 54.6 Å². The standard InChI is InChI=1S/C32H38N4O4/c1-32(2,3)40-31(38)35-18-19-36-28-26(33-29(36)25-14-12-24(13-15-25)23-10-7-11-23)16-17-34(20-27(28)35)30(37)39-21-22-8-5-4-6-9-22/h4-6,8-9,12-15,23,27H,7,10-11,16-21H2,1-3H3. The highest BCUT2D eigenvalue weighted by atomic mass is 16.6. The summed E-state index contributed by atoms with van der Waals surface area (Å²) < 4.78 is 13.7. The Kier molecular flexibility index (Phi) is 7.02. The predicted molar refractivity (Wildman–Crippen MR) is 152 cm³/mol. The summed E-state index contributed by atoms with van der Waals surface area (Å²) in [6, 6.07) is 18.1. The number of aromatic nitrogens is 2. The van der Waals surface area contributed by atoms with Gasteiger partial charge in [0, 0.05) is 31.6 Å². The molecule has 3 aromatic rings. The molecular formula is C32H38N4O4. The number of benzene rings is 2. The molecule has 1 atom stereocenters. The fourth-order valence-corrected chi connectivity index (χ4v) is 5.92. The van der Waals surface area contributed by atoms with Crippen LogP contribution in [0.4, 0.5) is 9.59 Å². The molecular weight excluding hydrogens is 504 g/mol. The van der Waals surface area contributed by atoms with Crippen molar-refractivity contribution in [2.24, 2.45) is 0 Å². The zero-order valence-corrected chi connectivity index (χ0v) is 23.6. The van der Waals surface area contributed by atoms with Crippen molar-refractivity contribution in [3.8, 4) is 11.4 Å². The lowest BCUT2D eigenvalue weighted by Crippen LogP contribution is -2.48. The van der Waals surface area contributed by atoms with Crippen molar-refractivity contribution in [2.45, 2.75) is 77.2 Å². The molecule has 1 aliphatic carbocycles. The van der Waals surface area contributed by atoms with Gasteiger partial charge in [-0.3, -0.25) is 4.90 Å². The second-order valence-corrected chi connectivity index (χ2v) is 12.1. The molecule has 210 valence electrons. The normalized spacial score (nSPS) is 18.9. The van der Waals surface area contributed by atoms with E-state index in [0.29, 0.717) is 38.5 Å². The van der Waals surface area contributed by atoms with Crippen LogP contribution in [-0.2, 0) is 29.0 Å². The number of carbonyl (C=O) groups excluding carboxylic acids is 2. The molecule has 1 fully saturated rings. The van der Waals surface area contributed by atoms with E-state index in [1.807, 2.05) is 51.1 Å². The summed E-state index contributed by atoms with van der Waals surface area (Å²) in [5.41, 5.74) is 4.72. The molecule has 3 aliphatic rings. The molecule has 0 radical (unpaired) electrons. The Hall–Kier alpha value is -3.81. The Labute approximate surface area is 235 Å². The lowest BCUT2D eigenvalue weighted by Gasteiger charge is -2.39. The molecule has 2 aliphatic heterocycles. The smallest absolute Gasteiger partial charge is 0.410 e. The summed E-state index contributed by atoms with van der Waals surface area (Å²) >= 11 is 0. The summed E-state index contributed by atoms with van der Waals surface area (Å²) in [5.74, 6) is 1.61. The summed E-state index contributed by atoms with van der Waals surface area (Å²) in [4.78, 5) is 35.2. The number of nitrogens with zero attached hydrogens (tertiary/aromatic N) is 4. The molecule has 3 heterocycles. The third-order valence-electron chi connectivity index (χ3n) is 8.19. The minimum absolute atomic E-state index is 0.203. The van der Waals surface area contributed by atoms with E-state index in [1.54, 1.807) is 9.80 Å². The fraction of sp³-hybridized carbons (Fsp3) is 0.469. The number of hydrogen-bond donors (Lipinski definition) is 0. The Balaban J connectivity index is 1.29. The highest BCUT2D eigenvalue weighted by Crippen LogP contribution is 2.39. The van der Waals surface area contributed by atoms with Crippen LogP contribution in [0.1, 0.15) is 74.5 Å². The van der Waals surface area contributed by atoms with Crippen LogP contribution in [-0.4, -0.2) is 56.8 Å². The first-order chi connectivity index (χ1) is 19.3. The predicted octanol–water partition coefficient (Wildman–Crippen LogP) is 6.30. The highest BCUT2D eigenvalue weighted by molar-refractivity contribution is 5.71. The Morgan fingerprint density at radius 3 is 2.38 bits per heavy atom. The maximum absolute atomic E-state index is 13.4. The molecule has 6 rings (SSSR count). The number of amides is 2. The summed E-state index contributed by atoms with van der Waals surface area (Å²) in [6.07, 6.45) is 3.69. The van der Waals surface area contributed by atoms with Crippen LogP contribution >= 0.6 is 0 Å². The van der Waals surface area contributed by atoms with Gasteiger partial charge in [-0.1, -0.05) is 61.0 Å². The van der Waals surface area contributed by atoms with Gasteiger partial charge < -0.3 is 18.9 Å². The van der Waals surface area contributed by atoms with Gasteiger partial charge in [0.25, 0.3) is 0 Å². The van der Waals surface area contributed by atoms with Gasteiger partial charge in [0.15, 0.2) is 0 Å². The van der Waals surface area contributed by atoms with Crippen molar-refractivity contribution in [2.75, 3.05) is 19.6 Å². The largest absolute Gasteiger partial charge is 0.445 e. The van der Waals surface area contributed by atoms with Crippen molar-refractivity contribution in [1.82, 2.24) is 19.4 Å². The Morgan fingerprint density at radius 1 is 0.950 bits per heavy atom. The summed E-state index contributed by atoms with van der Waals surface area (Å²) in [6.45, 7) is 7.71. The summed E-state index contributed by atoms with van der Waals surface area (Å²) in [7, 11) is 0. The number of imidazole rings is 1. The molecule has 0 bridgehead atoms. The molecule has 8 nitrogen and oxygen atoms in total. The van der Waals surface area contributed by atoms with E-state index in [2.05, 4.69) is 28.8 Å². The van der Waals surface area contributed by atoms with Crippen molar-refractivity contribution >= 4 is 12.2 Å².